The third kappa shape index (κ3) is 3.74. The lowest BCUT2D eigenvalue weighted by molar-refractivity contribution is 0.121. The molecule has 0 aromatic heterocycles. The van der Waals surface area contributed by atoms with E-state index in [1.165, 1.54) is 64.6 Å². The maximum Gasteiger partial charge on any atom is 0.0434 e. The van der Waals surface area contributed by atoms with Crippen LogP contribution >= 0.6 is 0 Å². The van der Waals surface area contributed by atoms with Gasteiger partial charge >= 0.3 is 0 Å². The number of aliphatic hydroxyl groups is 1. The van der Waals surface area contributed by atoms with Crippen LogP contribution in [0, 0.1) is 11.8 Å². The van der Waals surface area contributed by atoms with Crippen molar-refractivity contribution in [2.45, 2.75) is 51.4 Å². The summed E-state index contributed by atoms with van der Waals surface area (Å²) in [4.78, 5) is 2.67. The quantitative estimate of drug-likeness (QED) is 0.795. The molecule has 0 radical (unpaired) electrons. The van der Waals surface area contributed by atoms with Crippen molar-refractivity contribution in [3.8, 4) is 0 Å². The zero-order valence-corrected chi connectivity index (χ0v) is 10.5. The lowest BCUT2D eigenvalue weighted by atomic mass is 9.87. The molecule has 2 aliphatic rings. The highest BCUT2D eigenvalue weighted by molar-refractivity contribution is 4.76. The predicted molar refractivity (Wildman–Crippen MR) is 67.4 cm³/mol. The topological polar surface area (TPSA) is 23.5 Å². The third-order valence-electron chi connectivity index (χ3n) is 4.38. The Morgan fingerprint density at radius 2 is 1.69 bits per heavy atom. The lowest BCUT2D eigenvalue weighted by Crippen LogP contribution is -2.39. The van der Waals surface area contributed by atoms with E-state index in [9.17, 15) is 0 Å². The molecule has 0 aromatic rings. The zero-order chi connectivity index (χ0) is 11.2. The predicted octanol–water partition coefficient (Wildman–Crippen LogP) is 2.66. The second kappa shape index (κ2) is 6.61. The van der Waals surface area contributed by atoms with Gasteiger partial charge in [0.2, 0.25) is 0 Å². The van der Waals surface area contributed by atoms with E-state index in [4.69, 9.17) is 5.11 Å². The molecule has 94 valence electrons. The van der Waals surface area contributed by atoms with E-state index < -0.39 is 0 Å². The molecule has 1 atom stereocenters. The standard InChI is InChI=1S/C14H27NO/c16-10-8-14-7-4-9-15(12-14)11-13-5-2-1-3-6-13/h13-14,16H,1-12H2. The summed E-state index contributed by atoms with van der Waals surface area (Å²) < 4.78 is 0. The van der Waals surface area contributed by atoms with Crippen LogP contribution in [0.1, 0.15) is 51.4 Å². The highest BCUT2D eigenvalue weighted by Crippen LogP contribution is 2.27. The first kappa shape index (κ1) is 12.4. The van der Waals surface area contributed by atoms with Crippen LogP contribution in [0.15, 0.2) is 0 Å². The molecule has 0 amide bonds. The number of rotatable bonds is 4. The summed E-state index contributed by atoms with van der Waals surface area (Å²) in [5, 5.41) is 9.01. The molecule has 0 bridgehead atoms. The third-order valence-corrected chi connectivity index (χ3v) is 4.38. The highest BCUT2D eigenvalue weighted by atomic mass is 16.3. The molecule has 1 saturated heterocycles. The molecule has 1 saturated carbocycles. The monoisotopic (exact) mass is 225 g/mol. The lowest BCUT2D eigenvalue weighted by Gasteiger charge is -2.35. The van der Waals surface area contributed by atoms with Gasteiger partial charge in [-0.3, -0.25) is 0 Å². The van der Waals surface area contributed by atoms with Crippen LogP contribution in [0.2, 0.25) is 0 Å². The molecular weight excluding hydrogens is 198 g/mol. The molecule has 0 aromatic carbocycles. The average Bonchev–Trinajstić information content (AvgIpc) is 2.31. The molecule has 1 heterocycles. The number of aliphatic hydroxyl groups excluding tert-OH is 1. The van der Waals surface area contributed by atoms with Gasteiger partial charge in [-0.2, -0.15) is 0 Å². The first-order chi connectivity index (χ1) is 7.88. The minimum absolute atomic E-state index is 0.377. The second-order valence-corrected chi connectivity index (χ2v) is 5.78. The van der Waals surface area contributed by atoms with Gasteiger partial charge in [0.1, 0.15) is 0 Å². The highest BCUT2D eigenvalue weighted by Gasteiger charge is 2.22. The van der Waals surface area contributed by atoms with Crippen LogP contribution in [-0.2, 0) is 0 Å². The van der Waals surface area contributed by atoms with Gasteiger partial charge in [-0.15, -0.1) is 0 Å². The summed E-state index contributed by atoms with van der Waals surface area (Å²) in [6.45, 7) is 4.26. The van der Waals surface area contributed by atoms with Crippen molar-refractivity contribution >= 4 is 0 Å². The summed E-state index contributed by atoms with van der Waals surface area (Å²) in [5.41, 5.74) is 0. The van der Waals surface area contributed by atoms with E-state index in [-0.39, 0.29) is 0 Å². The van der Waals surface area contributed by atoms with Crippen molar-refractivity contribution in [2.24, 2.45) is 11.8 Å². The Hall–Kier alpha value is -0.0800. The van der Waals surface area contributed by atoms with Crippen LogP contribution in [0.5, 0.6) is 0 Å². The maximum absolute atomic E-state index is 9.01. The van der Waals surface area contributed by atoms with Gasteiger partial charge in [0.15, 0.2) is 0 Å². The molecule has 16 heavy (non-hydrogen) atoms. The second-order valence-electron chi connectivity index (χ2n) is 5.78. The normalized spacial score (nSPS) is 29.4. The van der Waals surface area contributed by atoms with Gasteiger partial charge in [0, 0.05) is 19.7 Å². The SMILES string of the molecule is OCCC1CCCN(CC2CCCCC2)C1. The molecule has 2 heteroatoms. The molecule has 1 aliphatic heterocycles. The van der Waals surface area contributed by atoms with Gasteiger partial charge in [-0.1, -0.05) is 19.3 Å². The van der Waals surface area contributed by atoms with Gasteiger partial charge < -0.3 is 10.0 Å². The summed E-state index contributed by atoms with van der Waals surface area (Å²) in [6.07, 6.45) is 11.0. The molecule has 0 spiro atoms. The Bertz CT molecular complexity index is 187. The van der Waals surface area contributed by atoms with Crippen molar-refractivity contribution in [1.29, 1.82) is 0 Å². The van der Waals surface area contributed by atoms with Crippen molar-refractivity contribution in [3.63, 3.8) is 0 Å². The molecule has 1 unspecified atom stereocenters. The summed E-state index contributed by atoms with van der Waals surface area (Å²) in [6, 6.07) is 0. The molecule has 2 rings (SSSR count). The smallest absolute Gasteiger partial charge is 0.0434 e. The fraction of sp³-hybridized carbons (Fsp3) is 1.00. The van der Waals surface area contributed by atoms with E-state index in [0.29, 0.717) is 6.61 Å². The minimum atomic E-state index is 0.377. The number of hydrogen-bond donors (Lipinski definition) is 1. The maximum atomic E-state index is 9.01. The van der Waals surface area contributed by atoms with Crippen LogP contribution < -0.4 is 0 Å². The Balaban J connectivity index is 1.71. The van der Waals surface area contributed by atoms with E-state index in [0.717, 1.165) is 18.3 Å². The summed E-state index contributed by atoms with van der Waals surface area (Å²) >= 11 is 0. The largest absolute Gasteiger partial charge is 0.396 e. The number of likely N-dealkylation sites (tertiary alicyclic amines) is 1. The Morgan fingerprint density at radius 1 is 0.938 bits per heavy atom. The fourth-order valence-corrected chi connectivity index (χ4v) is 3.47. The molecule has 2 fully saturated rings. The summed E-state index contributed by atoms with van der Waals surface area (Å²) in [7, 11) is 0. The van der Waals surface area contributed by atoms with Crippen molar-refractivity contribution in [1.82, 2.24) is 4.90 Å². The zero-order valence-electron chi connectivity index (χ0n) is 10.5. The fourth-order valence-electron chi connectivity index (χ4n) is 3.47. The molecular formula is C14H27NO. The van der Waals surface area contributed by atoms with Crippen molar-refractivity contribution in [3.05, 3.63) is 0 Å². The minimum Gasteiger partial charge on any atom is -0.396 e. The van der Waals surface area contributed by atoms with Crippen LogP contribution in [-0.4, -0.2) is 36.2 Å². The number of hydrogen-bond acceptors (Lipinski definition) is 2. The van der Waals surface area contributed by atoms with Crippen LogP contribution in [0.4, 0.5) is 0 Å². The van der Waals surface area contributed by atoms with Gasteiger partial charge in [-0.25, -0.2) is 0 Å². The van der Waals surface area contributed by atoms with Crippen molar-refractivity contribution in [2.75, 3.05) is 26.2 Å². The molecule has 2 nitrogen and oxygen atoms in total. The molecule has 1 aliphatic carbocycles. The van der Waals surface area contributed by atoms with E-state index in [1.807, 2.05) is 0 Å². The van der Waals surface area contributed by atoms with Gasteiger partial charge in [0.05, 0.1) is 0 Å². The molecule has 1 N–H and O–H groups in total. The first-order valence-electron chi connectivity index (χ1n) is 7.21. The number of nitrogens with zero attached hydrogens (tertiary/aromatic N) is 1. The van der Waals surface area contributed by atoms with E-state index in [1.54, 1.807) is 0 Å². The van der Waals surface area contributed by atoms with Crippen LogP contribution in [0.3, 0.4) is 0 Å². The van der Waals surface area contributed by atoms with Crippen LogP contribution in [0.25, 0.3) is 0 Å². The number of piperidine rings is 1. The first-order valence-corrected chi connectivity index (χ1v) is 7.21. The van der Waals surface area contributed by atoms with Gasteiger partial charge in [-0.05, 0) is 50.5 Å². The van der Waals surface area contributed by atoms with E-state index in [2.05, 4.69) is 4.90 Å². The average molecular weight is 225 g/mol. The Morgan fingerprint density at radius 3 is 2.44 bits per heavy atom. The van der Waals surface area contributed by atoms with Gasteiger partial charge in [0.25, 0.3) is 0 Å². The van der Waals surface area contributed by atoms with E-state index >= 15 is 0 Å². The van der Waals surface area contributed by atoms with Crippen molar-refractivity contribution < 1.29 is 5.11 Å². The summed E-state index contributed by atoms with van der Waals surface area (Å²) in [5.74, 6) is 1.74. The Labute approximate surface area is 100 Å². The Kier molecular flexibility index (Phi) is 5.11.